The molecular weight excluding hydrogens is 361 g/mol. The summed E-state index contributed by atoms with van der Waals surface area (Å²) in [5.74, 6) is -0.258. The average Bonchev–Trinajstić information content (AvgIpc) is 2.35. The summed E-state index contributed by atoms with van der Waals surface area (Å²) < 4.78 is 14.9. The molecule has 0 saturated carbocycles. The Morgan fingerprint density at radius 2 is 1.78 bits per heavy atom. The van der Waals surface area contributed by atoms with E-state index in [1.807, 2.05) is 30.3 Å². The van der Waals surface area contributed by atoms with Gasteiger partial charge in [0, 0.05) is 10.5 Å². The van der Waals surface area contributed by atoms with Gasteiger partial charge >= 0.3 is 0 Å². The Kier molecular flexibility index (Phi) is 4.54. The van der Waals surface area contributed by atoms with Crippen LogP contribution < -0.4 is 5.73 Å². The van der Waals surface area contributed by atoms with Crippen LogP contribution in [0.4, 0.5) is 4.39 Å². The Morgan fingerprint density at radius 1 is 1.06 bits per heavy atom. The molecular formula is C14H12Br2FN. The van der Waals surface area contributed by atoms with Crippen LogP contribution >= 0.6 is 31.9 Å². The Bertz CT molecular complexity index is 557. The maximum atomic E-state index is 13.4. The highest BCUT2D eigenvalue weighted by Gasteiger charge is 2.13. The van der Waals surface area contributed by atoms with Gasteiger partial charge in [-0.2, -0.15) is 0 Å². The smallest absolute Gasteiger partial charge is 0.137 e. The van der Waals surface area contributed by atoms with Crippen LogP contribution in [0, 0.1) is 5.82 Å². The van der Waals surface area contributed by atoms with Gasteiger partial charge in [-0.1, -0.05) is 46.3 Å². The molecule has 1 nitrogen and oxygen atoms in total. The second-order valence-corrected chi connectivity index (χ2v) is 5.69. The fourth-order valence-electron chi connectivity index (χ4n) is 1.83. The first kappa shape index (κ1) is 13.7. The fraction of sp³-hybridized carbons (Fsp3) is 0.143. The molecule has 0 bridgehead atoms. The van der Waals surface area contributed by atoms with Crippen molar-refractivity contribution in [1.29, 1.82) is 0 Å². The normalized spacial score (nSPS) is 12.4. The van der Waals surface area contributed by atoms with Crippen molar-refractivity contribution in [3.63, 3.8) is 0 Å². The van der Waals surface area contributed by atoms with Crippen molar-refractivity contribution in [2.75, 3.05) is 0 Å². The molecule has 0 saturated heterocycles. The average molecular weight is 373 g/mol. The van der Waals surface area contributed by atoms with Crippen LogP contribution in [-0.4, -0.2) is 0 Å². The van der Waals surface area contributed by atoms with Crippen molar-refractivity contribution in [3.8, 4) is 0 Å². The molecule has 0 fully saturated rings. The van der Waals surface area contributed by atoms with E-state index in [0.717, 1.165) is 15.6 Å². The lowest BCUT2D eigenvalue weighted by atomic mass is 10.00. The first-order chi connectivity index (χ1) is 8.59. The summed E-state index contributed by atoms with van der Waals surface area (Å²) >= 11 is 6.73. The summed E-state index contributed by atoms with van der Waals surface area (Å²) in [6.45, 7) is 0. The number of hydrogen-bond donors (Lipinski definition) is 1. The van der Waals surface area contributed by atoms with Crippen molar-refractivity contribution in [2.24, 2.45) is 5.73 Å². The fourth-order valence-corrected chi connectivity index (χ4v) is 2.83. The van der Waals surface area contributed by atoms with Crippen molar-refractivity contribution in [1.82, 2.24) is 0 Å². The minimum atomic E-state index is -0.258. The molecule has 1 atom stereocenters. The molecule has 2 aromatic rings. The van der Waals surface area contributed by atoms with Gasteiger partial charge in [0.2, 0.25) is 0 Å². The molecule has 0 aliphatic heterocycles. The molecule has 0 heterocycles. The molecule has 0 aliphatic rings. The Labute approximate surface area is 122 Å². The Balaban J connectivity index is 2.24. The van der Waals surface area contributed by atoms with E-state index in [1.165, 1.54) is 6.07 Å². The largest absolute Gasteiger partial charge is 0.324 e. The van der Waals surface area contributed by atoms with Crippen LogP contribution in [0.3, 0.4) is 0 Å². The summed E-state index contributed by atoms with van der Waals surface area (Å²) in [4.78, 5) is 0. The monoisotopic (exact) mass is 371 g/mol. The molecule has 0 aliphatic carbocycles. The van der Waals surface area contributed by atoms with Gasteiger partial charge in [-0.05, 0) is 45.6 Å². The zero-order valence-corrected chi connectivity index (χ0v) is 12.7. The number of hydrogen-bond acceptors (Lipinski definition) is 1. The van der Waals surface area contributed by atoms with Gasteiger partial charge in [0.1, 0.15) is 5.82 Å². The highest BCUT2D eigenvalue weighted by molar-refractivity contribution is 9.10. The SMILES string of the molecule is NC(Cc1cccc(F)c1Br)c1ccccc1Br. The van der Waals surface area contributed by atoms with E-state index in [0.29, 0.717) is 10.9 Å². The van der Waals surface area contributed by atoms with Crippen LogP contribution in [0.2, 0.25) is 0 Å². The van der Waals surface area contributed by atoms with E-state index in [1.54, 1.807) is 6.07 Å². The van der Waals surface area contributed by atoms with Gasteiger partial charge < -0.3 is 5.73 Å². The lowest BCUT2D eigenvalue weighted by molar-refractivity contribution is 0.614. The molecule has 18 heavy (non-hydrogen) atoms. The number of benzene rings is 2. The molecule has 2 aromatic carbocycles. The topological polar surface area (TPSA) is 26.0 Å². The predicted octanol–water partition coefficient (Wildman–Crippen LogP) is 4.59. The zero-order valence-electron chi connectivity index (χ0n) is 9.54. The van der Waals surface area contributed by atoms with Crippen LogP contribution in [0.1, 0.15) is 17.2 Å². The third kappa shape index (κ3) is 2.99. The van der Waals surface area contributed by atoms with Crippen LogP contribution in [0.5, 0.6) is 0 Å². The minimum Gasteiger partial charge on any atom is -0.324 e. The van der Waals surface area contributed by atoms with Crippen molar-refractivity contribution >= 4 is 31.9 Å². The summed E-state index contributed by atoms with van der Waals surface area (Å²) in [5, 5.41) is 0. The number of nitrogens with two attached hydrogens (primary N) is 1. The van der Waals surface area contributed by atoms with Gasteiger partial charge in [0.15, 0.2) is 0 Å². The van der Waals surface area contributed by atoms with Crippen molar-refractivity contribution < 1.29 is 4.39 Å². The van der Waals surface area contributed by atoms with Crippen molar-refractivity contribution in [2.45, 2.75) is 12.5 Å². The van der Waals surface area contributed by atoms with E-state index >= 15 is 0 Å². The van der Waals surface area contributed by atoms with E-state index in [-0.39, 0.29) is 11.9 Å². The molecule has 94 valence electrons. The van der Waals surface area contributed by atoms with Crippen LogP contribution in [0.25, 0.3) is 0 Å². The lowest BCUT2D eigenvalue weighted by Crippen LogP contribution is -2.14. The highest BCUT2D eigenvalue weighted by atomic mass is 79.9. The summed E-state index contributed by atoms with van der Waals surface area (Å²) in [7, 11) is 0. The minimum absolute atomic E-state index is 0.168. The third-order valence-corrected chi connectivity index (χ3v) is 4.39. The Hall–Kier alpha value is -0.710. The summed E-state index contributed by atoms with van der Waals surface area (Å²) in [6.07, 6.45) is 0.584. The second kappa shape index (κ2) is 5.95. The lowest BCUT2D eigenvalue weighted by Gasteiger charge is -2.15. The van der Waals surface area contributed by atoms with E-state index in [4.69, 9.17) is 5.73 Å². The van der Waals surface area contributed by atoms with Gasteiger partial charge in [-0.25, -0.2) is 4.39 Å². The van der Waals surface area contributed by atoms with Gasteiger partial charge in [0.25, 0.3) is 0 Å². The second-order valence-electron chi connectivity index (χ2n) is 4.05. The van der Waals surface area contributed by atoms with Crippen molar-refractivity contribution in [3.05, 3.63) is 68.4 Å². The molecule has 0 amide bonds. The number of rotatable bonds is 3. The highest BCUT2D eigenvalue weighted by Crippen LogP contribution is 2.28. The molecule has 0 aromatic heterocycles. The van der Waals surface area contributed by atoms with Gasteiger partial charge in [-0.15, -0.1) is 0 Å². The number of halogens is 3. The first-order valence-corrected chi connectivity index (χ1v) is 7.11. The van der Waals surface area contributed by atoms with Crippen LogP contribution in [-0.2, 0) is 6.42 Å². The predicted molar refractivity (Wildman–Crippen MR) is 78.9 cm³/mol. The van der Waals surface area contributed by atoms with Gasteiger partial charge in [0.05, 0.1) is 4.47 Å². The van der Waals surface area contributed by atoms with E-state index in [9.17, 15) is 4.39 Å². The van der Waals surface area contributed by atoms with Gasteiger partial charge in [-0.3, -0.25) is 0 Å². The molecule has 0 radical (unpaired) electrons. The van der Waals surface area contributed by atoms with E-state index in [2.05, 4.69) is 31.9 Å². The summed E-state index contributed by atoms with van der Waals surface area (Å²) in [6, 6.07) is 12.7. The quantitative estimate of drug-likeness (QED) is 0.837. The standard InChI is InChI=1S/C14H12Br2FN/c15-11-6-2-1-5-10(11)13(18)8-9-4-3-7-12(17)14(9)16/h1-7,13H,8,18H2. The molecule has 2 rings (SSSR count). The maximum absolute atomic E-state index is 13.4. The van der Waals surface area contributed by atoms with E-state index < -0.39 is 0 Å². The summed E-state index contributed by atoms with van der Waals surface area (Å²) in [5.41, 5.74) is 8.07. The molecule has 2 N–H and O–H groups in total. The first-order valence-electron chi connectivity index (χ1n) is 5.52. The van der Waals surface area contributed by atoms with Crippen LogP contribution in [0.15, 0.2) is 51.4 Å². The maximum Gasteiger partial charge on any atom is 0.137 e. The molecule has 1 unspecified atom stereocenters. The zero-order chi connectivity index (χ0) is 13.1. The molecule has 4 heteroatoms. The molecule has 0 spiro atoms. The third-order valence-electron chi connectivity index (χ3n) is 2.78. The Morgan fingerprint density at radius 3 is 2.50 bits per heavy atom.